The van der Waals surface area contributed by atoms with Crippen LogP contribution in [-0.2, 0) is 4.74 Å². The minimum Gasteiger partial charge on any atom is -0.491 e. The molecule has 1 aliphatic carbocycles. The molecule has 0 heterocycles. The Kier molecular flexibility index (Phi) is 6.10. The molecule has 112 valence electrons. The topological polar surface area (TPSA) is 50.7 Å². The maximum absolute atomic E-state index is 9.93. The van der Waals surface area contributed by atoms with E-state index in [2.05, 4.69) is 5.32 Å². The first-order valence-corrected chi connectivity index (χ1v) is 7.39. The molecule has 4 nitrogen and oxygen atoms in total. The van der Waals surface area contributed by atoms with Gasteiger partial charge in [-0.15, -0.1) is 0 Å². The van der Waals surface area contributed by atoms with E-state index in [0.29, 0.717) is 23.4 Å². The van der Waals surface area contributed by atoms with Crippen molar-refractivity contribution in [1.82, 2.24) is 5.32 Å². The predicted octanol–water partition coefficient (Wildman–Crippen LogP) is 2.24. The van der Waals surface area contributed by atoms with Gasteiger partial charge in [0.15, 0.2) is 0 Å². The summed E-state index contributed by atoms with van der Waals surface area (Å²) in [5, 5.41) is 14.0. The molecule has 2 rings (SSSR count). The van der Waals surface area contributed by atoms with E-state index in [4.69, 9.17) is 21.1 Å². The van der Waals surface area contributed by atoms with E-state index >= 15 is 0 Å². The maximum atomic E-state index is 9.93. The van der Waals surface area contributed by atoms with Crippen molar-refractivity contribution >= 4 is 11.6 Å². The molecule has 1 aliphatic rings. The molecule has 20 heavy (non-hydrogen) atoms. The smallest absolute Gasteiger partial charge is 0.119 e. The third kappa shape index (κ3) is 4.63. The number of ether oxygens (including phenoxy) is 2. The first-order valence-electron chi connectivity index (χ1n) is 7.01. The summed E-state index contributed by atoms with van der Waals surface area (Å²) in [4.78, 5) is 0. The number of methoxy groups -OCH3 is 1. The van der Waals surface area contributed by atoms with Crippen LogP contribution in [0.15, 0.2) is 24.3 Å². The lowest BCUT2D eigenvalue weighted by Crippen LogP contribution is -2.42. The lowest BCUT2D eigenvalue weighted by molar-refractivity contribution is 0.0687. The number of hydrogen-bond acceptors (Lipinski definition) is 4. The van der Waals surface area contributed by atoms with Gasteiger partial charge in [-0.3, -0.25) is 0 Å². The van der Waals surface area contributed by atoms with Gasteiger partial charge in [0.05, 0.1) is 6.10 Å². The molecule has 1 saturated carbocycles. The molecule has 0 spiro atoms. The molecule has 0 aliphatic heterocycles. The van der Waals surface area contributed by atoms with E-state index in [1.165, 1.54) is 6.42 Å². The Balaban J connectivity index is 1.67. The zero-order valence-corrected chi connectivity index (χ0v) is 12.5. The zero-order valence-electron chi connectivity index (χ0n) is 11.7. The maximum Gasteiger partial charge on any atom is 0.119 e. The van der Waals surface area contributed by atoms with Gasteiger partial charge in [0.2, 0.25) is 0 Å². The summed E-state index contributed by atoms with van der Waals surface area (Å²) in [7, 11) is 1.74. The SMILES string of the molecule is COC1CCCC1NCC(O)COc1ccc(Cl)cc1. The summed E-state index contributed by atoms with van der Waals surface area (Å²) < 4.78 is 10.9. The van der Waals surface area contributed by atoms with Crippen LogP contribution in [0.1, 0.15) is 19.3 Å². The predicted molar refractivity (Wildman–Crippen MR) is 79.4 cm³/mol. The van der Waals surface area contributed by atoms with Gasteiger partial charge in [-0.1, -0.05) is 11.6 Å². The lowest BCUT2D eigenvalue weighted by atomic mass is 10.2. The third-order valence-corrected chi connectivity index (χ3v) is 3.88. The van der Waals surface area contributed by atoms with Gasteiger partial charge >= 0.3 is 0 Å². The lowest BCUT2D eigenvalue weighted by Gasteiger charge is -2.21. The van der Waals surface area contributed by atoms with Crippen LogP contribution in [0.3, 0.4) is 0 Å². The first-order chi connectivity index (χ1) is 9.69. The van der Waals surface area contributed by atoms with Crippen molar-refractivity contribution in [2.24, 2.45) is 0 Å². The van der Waals surface area contributed by atoms with Gasteiger partial charge in [-0.2, -0.15) is 0 Å². The van der Waals surface area contributed by atoms with E-state index in [-0.39, 0.29) is 12.7 Å². The third-order valence-electron chi connectivity index (χ3n) is 3.63. The molecule has 5 heteroatoms. The van der Waals surface area contributed by atoms with Gasteiger partial charge in [0.25, 0.3) is 0 Å². The van der Waals surface area contributed by atoms with Crippen LogP contribution in [0.2, 0.25) is 5.02 Å². The van der Waals surface area contributed by atoms with Crippen molar-refractivity contribution in [3.8, 4) is 5.75 Å². The summed E-state index contributed by atoms with van der Waals surface area (Å²) >= 11 is 5.80. The second kappa shape index (κ2) is 7.84. The average molecular weight is 300 g/mol. The fourth-order valence-corrected chi connectivity index (χ4v) is 2.64. The summed E-state index contributed by atoms with van der Waals surface area (Å²) in [6.07, 6.45) is 3.09. The highest BCUT2D eigenvalue weighted by Gasteiger charge is 2.26. The fraction of sp³-hybridized carbons (Fsp3) is 0.600. The highest BCUT2D eigenvalue weighted by atomic mass is 35.5. The Labute approximate surface area is 125 Å². The summed E-state index contributed by atoms with van der Waals surface area (Å²) in [5.41, 5.74) is 0. The van der Waals surface area contributed by atoms with Gasteiger partial charge in [-0.25, -0.2) is 0 Å². The number of aliphatic hydroxyl groups excluding tert-OH is 1. The van der Waals surface area contributed by atoms with Crippen molar-refractivity contribution in [2.75, 3.05) is 20.3 Å². The van der Waals surface area contributed by atoms with Crippen LogP contribution < -0.4 is 10.1 Å². The van der Waals surface area contributed by atoms with Crippen LogP contribution in [0.5, 0.6) is 5.75 Å². The molecule has 3 atom stereocenters. The Morgan fingerprint density at radius 1 is 1.35 bits per heavy atom. The van der Waals surface area contributed by atoms with E-state index in [1.807, 2.05) is 0 Å². The molecule has 1 aromatic carbocycles. The summed E-state index contributed by atoms with van der Waals surface area (Å²) in [5.74, 6) is 0.712. The highest BCUT2D eigenvalue weighted by molar-refractivity contribution is 6.30. The Morgan fingerprint density at radius 3 is 2.80 bits per heavy atom. The van der Waals surface area contributed by atoms with Crippen LogP contribution in [0.4, 0.5) is 0 Å². The molecule has 3 unspecified atom stereocenters. The highest BCUT2D eigenvalue weighted by Crippen LogP contribution is 2.21. The molecule has 0 saturated heterocycles. The number of halogens is 1. The summed E-state index contributed by atoms with van der Waals surface area (Å²) in [6.45, 7) is 0.775. The summed E-state index contributed by atoms with van der Waals surface area (Å²) in [6, 6.07) is 7.46. The number of aliphatic hydroxyl groups is 1. The van der Waals surface area contributed by atoms with Gasteiger partial charge < -0.3 is 19.9 Å². The number of nitrogens with one attached hydrogen (secondary N) is 1. The van der Waals surface area contributed by atoms with Crippen LogP contribution in [0, 0.1) is 0 Å². The average Bonchev–Trinajstić information content (AvgIpc) is 2.92. The molecular formula is C15H22ClNO3. The van der Waals surface area contributed by atoms with E-state index in [1.54, 1.807) is 31.4 Å². The Hall–Kier alpha value is -0.810. The number of benzene rings is 1. The largest absolute Gasteiger partial charge is 0.491 e. The minimum absolute atomic E-state index is 0.263. The molecule has 0 aromatic heterocycles. The molecule has 1 fully saturated rings. The normalized spacial score (nSPS) is 23.8. The van der Waals surface area contributed by atoms with Gasteiger partial charge in [0.1, 0.15) is 18.5 Å². The molecule has 0 radical (unpaired) electrons. The minimum atomic E-state index is -0.538. The Morgan fingerprint density at radius 2 is 2.10 bits per heavy atom. The first kappa shape index (κ1) is 15.6. The number of rotatable bonds is 7. The van der Waals surface area contributed by atoms with E-state index < -0.39 is 6.10 Å². The van der Waals surface area contributed by atoms with Crippen LogP contribution in [0.25, 0.3) is 0 Å². The van der Waals surface area contributed by atoms with Gasteiger partial charge in [0, 0.05) is 24.7 Å². The Bertz CT molecular complexity index is 399. The van der Waals surface area contributed by atoms with Crippen LogP contribution in [-0.4, -0.2) is 43.6 Å². The molecule has 0 bridgehead atoms. The monoisotopic (exact) mass is 299 g/mol. The number of hydrogen-bond donors (Lipinski definition) is 2. The molecule has 2 N–H and O–H groups in total. The second-order valence-corrected chi connectivity index (χ2v) is 5.57. The molecular weight excluding hydrogens is 278 g/mol. The van der Waals surface area contributed by atoms with Crippen molar-refractivity contribution in [3.63, 3.8) is 0 Å². The second-order valence-electron chi connectivity index (χ2n) is 5.14. The van der Waals surface area contributed by atoms with Crippen molar-refractivity contribution < 1.29 is 14.6 Å². The standard InChI is InChI=1S/C15H22ClNO3/c1-19-15-4-2-3-14(15)17-9-12(18)10-20-13-7-5-11(16)6-8-13/h5-8,12,14-15,17-18H,2-4,9-10H2,1H3. The quantitative estimate of drug-likeness (QED) is 0.811. The van der Waals surface area contributed by atoms with E-state index in [9.17, 15) is 5.11 Å². The fourth-order valence-electron chi connectivity index (χ4n) is 2.51. The molecule has 0 amide bonds. The van der Waals surface area contributed by atoms with Crippen molar-refractivity contribution in [3.05, 3.63) is 29.3 Å². The van der Waals surface area contributed by atoms with Crippen molar-refractivity contribution in [1.29, 1.82) is 0 Å². The zero-order chi connectivity index (χ0) is 14.4. The van der Waals surface area contributed by atoms with Crippen LogP contribution >= 0.6 is 11.6 Å². The van der Waals surface area contributed by atoms with Gasteiger partial charge in [-0.05, 0) is 43.5 Å². The van der Waals surface area contributed by atoms with Crippen molar-refractivity contribution in [2.45, 2.75) is 37.5 Å². The van der Waals surface area contributed by atoms with E-state index in [0.717, 1.165) is 12.8 Å². The molecule has 1 aromatic rings.